The fourth-order valence-electron chi connectivity index (χ4n) is 3.28. The highest BCUT2D eigenvalue weighted by Crippen LogP contribution is 2.32. The lowest BCUT2D eigenvalue weighted by Crippen LogP contribution is -2.28. The third-order valence-electron chi connectivity index (χ3n) is 4.95. The fraction of sp³-hybridized carbons (Fsp3) is 0.125. The molecule has 4 nitrogen and oxygen atoms in total. The molecule has 3 aromatic carbocycles. The molecule has 1 heterocycles. The monoisotopic (exact) mass is 477 g/mol. The van der Waals surface area contributed by atoms with Crippen LogP contribution in [-0.4, -0.2) is 23.2 Å². The summed E-state index contributed by atoms with van der Waals surface area (Å²) >= 11 is 4.86. The van der Waals surface area contributed by atoms with Crippen LogP contribution in [0.15, 0.2) is 89.4 Å². The Morgan fingerprint density at radius 1 is 0.900 bits per heavy atom. The SMILES string of the molecule is CN(C(=O)CC(c1ccccc1)c1ccccc1)c1nnc(-c2ccc(Br)cc2)s1. The van der Waals surface area contributed by atoms with Gasteiger partial charge in [-0.1, -0.05) is 100 Å². The predicted molar refractivity (Wildman–Crippen MR) is 126 cm³/mol. The number of aromatic nitrogens is 2. The van der Waals surface area contributed by atoms with Crippen molar-refractivity contribution < 1.29 is 4.79 Å². The van der Waals surface area contributed by atoms with Gasteiger partial charge in [0.2, 0.25) is 11.0 Å². The Morgan fingerprint density at radius 3 is 2.03 bits per heavy atom. The van der Waals surface area contributed by atoms with Crippen LogP contribution in [0.2, 0.25) is 0 Å². The number of anilines is 1. The molecule has 4 rings (SSSR count). The molecule has 0 aliphatic carbocycles. The quantitative estimate of drug-likeness (QED) is 0.334. The van der Waals surface area contributed by atoms with Gasteiger partial charge in [-0.05, 0) is 23.3 Å². The van der Waals surface area contributed by atoms with Gasteiger partial charge in [-0.15, -0.1) is 10.2 Å². The average Bonchev–Trinajstić information content (AvgIpc) is 3.28. The zero-order valence-corrected chi connectivity index (χ0v) is 18.8. The van der Waals surface area contributed by atoms with Crippen molar-refractivity contribution in [2.24, 2.45) is 0 Å². The van der Waals surface area contributed by atoms with E-state index in [2.05, 4.69) is 50.4 Å². The first-order valence-corrected chi connectivity index (χ1v) is 11.2. The van der Waals surface area contributed by atoms with Crippen LogP contribution >= 0.6 is 27.3 Å². The Labute approximate surface area is 188 Å². The summed E-state index contributed by atoms with van der Waals surface area (Å²) in [5, 5.41) is 9.91. The fourth-order valence-corrected chi connectivity index (χ4v) is 4.37. The topological polar surface area (TPSA) is 46.1 Å². The van der Waals surface area contributed by atoms with E-state index in [0.717, 1.165) is 26.2 Å². The van der Waals surface area contributed by atoms with Crippen molar-refractivity contribution in [2.75, 3.05) is 11.9 Å². The van der Waals surface area contributed by atoms with E-state index in [1.54, 1.807) is 11.9 Å². The molecule has 0 fully saturated rings. The summed E-state index contributed by atoms with van der Waals surface area (Å²) in [7, 11) is 1.77. The Morgan fingerprint density at radius 2 is 1.47 bits per heavy atom. The van der Waals surface area contributed by atoms with Crippen molar-refractivity contribution in [1.29, 1.82) is 0 Å². The summed E-state index contributed by atoms with van der Waals surface area (Å²) in [5.74, 6) is -0.00701. The highest BCUT2D eigenvalue weighted by atomic mass is 79.9. The van der Waals surface area contributed by atoms with Crippen molar-refractivity contribution in [2.45, 2.75) is 12.3 Å². The molecule has 0 N–H and O–H groups in total. The van der Waals surface area contributed by atoms with Crippen molar-refractivity contribution in [1.82, 2.24) is 10.2 Å². The molecule has 0 radical (unpaired) electrons. The number of nitrogens with zero attached hydrogens (tertiary/aromatic N) is 3. The zero-order chi connectivity index (χ0) is 20.9. The summed E-state index contributed by atoms with van der Waals surface area (Å²) in [4.78, 5) is 14.8. The summed E-state index contributed by atoms with van der Waals surface area (Å²) in [6, 6.07) is 28.2. The zero-order valence-electron chi connectivity index (χ0n) is 16.4. The van der Waals surface area contributed by atoms with Crippen molar-refractivity contribution in [3.63, 3.8) is 0 Å². The average molecular weight is 478 g/mol. The second kappa shape index (κ2) is 9.32. The molecule has 4 aromatic rings. The van der Waals surface area contributed by atoms with E-state index in [9.17, 15) is 4.79 Å². The molecule has 0 spiro atoms. The van der Waals surface area contributed by atoms with Gasteiger partial charge in [0.1, 0.15) is 5.01 Å². The van der Waals surface area contributed by atoms with Crippen LogP contribution < -0.4 is 4.90 Å². The van der Waals surface area contributed by atoms with E-state index in [4.69, 9.17) is 0 Å². The molecule has 0 aliphatic rings. The Balaban J connectivity index is 1.55. The molecule has 1 amide bonds. The van der Waals surface area contributed by atoms with Gasteiger partial charge in [0.05, 0.1) is 0 Å². The van der Waals surface area contributed by atoms with Crippen molar-refractivity contribution >= 4 is 38.3 Å². The number of hydrogen-bond acceptors (Lipinski definition) is 4. The molecule has 0 saturated carbocycles. The van der Waals surface area contributed by atoms with Gasteiger partial charge in [-0.2, -0.15) is 0 Å². The molecule has 0 unspecified atom stereocenters. The highest BCUT2D eigenvalue weighted by Gasteiger charge is 2.23. The summed E-state index contributed by atoms with van der Waals surface area (Å²) < 4.78 is 1.01. The highest BCUT2D eigenvalue weighted by molar-refractivity contribution is 9.10. The van der Waals surface area contributed by atoms with E-state index in [-0.39, 0.29) is 11.8 Å². The maximum Gasteiger partial charge on any atom is 0.229 e. The standard InChI is InChI=1S/C24H20BrN3OS/c1-28(24-27-26-23(30-24)19-12-14-20(25)15-13-19)22(29)16-21(17-8-4-2-5-9-17)18-10-6-3-7-11-18/h2-15,21H,16H2,1H3. The van der Waals surface area contributed by atoms with Crippen LogP contribution in [0.25, 0.3) is 10.6 Å². The Hall–Kier alpha value is -2.83. The summed E-state index contributed by atoms with van der Waals surface area (Å²) in [6.45, 7) is 0. The number of hydrogen-bond donors (Lipinski definition) is 0. The predicted octanol–water partition coefficient (Wildman–Crippen LogP) is 6.15. The van der Waals surface area contributed by atoms with Gasteiger partial charge in [0, 0.05) is 29.4 Å². The number of rotatable bonds is 6. The van der Waals surface area contributed by atoms with Gasteiger partial charge >= 0.3 is 0 Å². The Kier molecular flexibility index (Phi) is 6.35. The minimum absolute atomic E-state index is 0.00575. The maximum atomic E-state index is 13.1. The van der Waals surface area contributed by atoms with E-state index >= 15 is 0 Å². The molecule has 30 heavy (non-hydrogen) atoms. The Bertz CT molecular complexity index is 1070. The first kappa shape index (κ1) is 20.4. The third kappa shape index (κ3) is 4.66. The number of benzene rings is 3. The molecular formula is C24H20BrN3OS. The van der Waals surface area contributed by atoms with E-state index in [1.165, 1.54) is 11.3 Å². The number of carbonyl (C=O) groups excluding carboxylic acids is 1. The third-order valence-corrected chi connectivity index (χ3v) is 6.53. The first-order chi connectivity index (χ1) is 14.6. The second-order valence-corrected chi connectivity index (χ2v) is 8.80. The smallest absolute Gasteiger partial charge is 0.229 e. The van der Waals surface area contributed by atoms with Crippen LogP contribution in [0.4, 0.5) is 5.13 Å². The van der Waals surface area contributed by atoms with Gasteiger partial charge in [0.15, 0.2) is 0 Å². The van der Waals surface area contributed by atoms with Crippen LogP contribution in [0.5, 0.6) is 0 Å². The molecule has 0 bridgehead atoms. The van der Waals surface area contributed by atoms with Gasteiger partial charge in [-0.3, -0.25) is 9.69 Å². The molecule has 1 aromatic heterocycles. The molecule has 150 valence electrons. The molecule has 0 saturated heterocycles. The molecule has 0 aliphatic heterocycles. The minimum Gasteiger partial charge on any atom is -0.290 e. The van der Waals surface area contributed by atoms with Crippen LogP contribution in [-0.2, 0) is 4.79 Å². The number of amides is 1. The normalized spacial score (nSPS) is 10.9. The van der Waals surface area contributed by atoms with Crippen LogP contribution in [0.1, 0.15) is 23.5 Å². The van der Waals surface area contributed by atoms with E-state index < -0.39 is 0 Å². The maximum absolute atomic E-state index is 13.1. The number of carbonyl (C=O) groups is 1. The summed E-state index contributed by atoms with van der Waals surface area (Å²) in [5.41, 5.74) is 3.23. The minimum atomic E-state index is -0.0128. The lowest BCUT2D eigenvalue weighted by atomic mass is 9.88. The van der Waals surface area contributed by atoms with Gasteiger partial charge in [0.25, 0.3) is 0 Å². The second-order valence-electron chi connectivity index (χ2n) is 6.93. The summed E-state index contributed by atoms with van der Waals surface area (Å²) in [6.07, 6.45) is 0.359. The lowest BCUT2D eigenvalue weighted by molar-refractivity contribution is -0.118. The van der Waals surface area contributed by atoms with E-state index in [1.807, 2.05) is 60.7 Å². The molecule has 6 heteroatoms. The lowest BCUT2D eigenvalue weighted by Gasteiger charge is -2.20. The molecule has 0 atom stereocenters. The number of halogens is 1. The van der Waals surface area contributed by atoms with Crippen LogP contribution in [0, 0.1) is 0 Å². The van der Waals surface area contributed by atoms with Crippen molar-refractivity contribution in [3.05, 3.63) is 101 Å². The largest absolute Gasteiger partial charge is 0.290 e. The van der Waals surface area contributed by atoms with Crippen LogP contribution in [0.3, 0.4) is 0 Å². The van der Waals surface area contributed by atoms with Crippen molar-refractivity contribution in [3.8, 4) is 10.6 Å². The van der Waals surface area contributed by atoms with E-state index in [0.29, 0.717) is 11.6 Å². The molecular weight excluding hydrogens is 458 g/mol. The first-order valence-electron chi connectivity index (χ1n) is 9.57. The van der Waals surface area contributed by atoms with Gasteiger partial charge < -0.3 is 0 Å². The van der Waals surface area contributed by atoms with Gasteiger partial charge in [-0.25, -0.2) is 0 Å².